The zero-order valence-electron chi connectivity index (χ0n) is 6.44. The smallest absolute Gasteiger partial charge is 0.478 e. The quantitative estimate of drug-likeness (QED) is 0.574. The second-order valence-corrected chi connectivity index (χ2v) is 2.79. The first kappa shape index (κ1) is 10.0. The zero-order chi connectivity index (χ0) is 10.0. The van der Waals surface area contributed by atoms with E-state index < -0.39 is 13.1 Å². The van der Waals surface area contributed by atoms with Crippen LogP contribution in [0, 0.1) is 0 Å². The first-order chi connectivity index (χ1) is 6.04. The molecule has 0 unspecified atom stereocenters. The second-order valence-electron chi connectivity index (χ2n) is 2.38. The van der Waals surface area contributed by atoms with Gasteiger partial charge in [0.15, 0.2) is 0 Å². The molecule has 3 N–H and O–H groups in total. The number of rotatable bonds is 2. The third kappa shape index (κ3) is 2.00. The molecule has 13 heavy (non-hydrogen) atoms. The number of carboxylic acids is 1. The average Bonchev–Trinajstić information content (AvgIpc) is 2.02. The van der Waals surface area contributed by atoms with Gasteiger partial charge in [0.1, 0.15) is 0 Å². The van der Waals surface area contributed by atoms with Crippen molar-refractivity contribution in [3.05, 3.63) is 28.8 Å². The molecule has 0 aliphatic carbocycles. The van der Waals surface area contributed by atoms with Gasteiger partial charge in [-0.3, -0.25) is 0 Å². The molecule has 0 fully saturated rings. The fraction of sp³-hybridized carbons (Fsp3) is 0. The lowest BCUT2D eigenvalue weighted by molar-refractivity contribution is 0.0698. The highest BCUT2D eigenvalue weighted by Gasteiger charge is 2.22. The summed E-state index contributed by atoms with van der Waals surface area (Å²) < 4.78 is 0. The van der Waals surface area contributed by atoms with Crippen molar-refractivity contribution in [2.24, 2.45) is 0 Å². The van der Waals surface area contributed by atoms with Crippen molar-refractivity contribution in [2.75, 3.05) is 0 Å². The summed E-state index contributed by atoms with van der Waals surface area (Å²) in [7, 11) is -1.88. The number of aromatic carboxylic acids is 1. The molecule has 6 heteroatoms. The molecule has 0 radical (unpaired) electrons. The van der Waals surface area contributed by atoms with Gasteiger partial charge in [0, 0.05) is 10.5 Å². The third-order valence-electron chi connectivity index (χ3n) is 1.54. The topological polar surface area (TPSA) is 77.8 Å². The van der Waals surface area contributed by atoms with Gasteiger partial charge in [0.25, 0.3) is 0 Å². The van der Waals surface area contributed by atoms with Crippen molar-refractivity contribution in [3.63, 3.8) is 0 Å². The van der Waals surface area contributed by atoms with Gasteiger partial charge in [0.2, 0.25) is 0 Å². The normalized spacial score (nSPS) is 9.77. The van der Waals surface area contributed by atoms with Crippen LogP contribution < -0.4 is 5.46 Å². The fourth-order valence-electron chi connectivity index (χ4n) is 0.986. The molecule has 1 rings (SSSR count). The molecule has 0 bridgehead atoms. The van der Waals surface area contributed by atoms with Gasteiger partial charge in [-0.15, -0.1) is 0 Å². The van der Waals surface area contributed by atoms with Crippen molar-refractivity contribution < 1.29 is 19.9 Å². The molecule has 0 heterocycles. The number of carbonyl (C=O) groups is 1. The molecular weight excluding hydrogens is 194 g/mol. The molecule has 1 aromatic rings. The van der Waals surface area contributed by atoms with Crippen LogP contribution in [0.3, 0.4) is 0 Å². The van der Waals surface area contributed by atoms with Gasteiger partial charge >= 0.3 is 13.1 Å². The Labute approximate surface area is 79.5 Å². The summed E-state index contributed by atoms with van der Waals surface area (Å²) in [5, 5.41) is 26.4. The summed E-state index contributed by atoms with van der Waals surface area (Å²) in [4.78, 5) is 10.6. The monoisotopic (exact) mass is 200 g/mol. The van der Waals surface area contributed by atoms with Crippen molar-refractivity contribution >= 4 is 30.2 Å². The zero-order valence-corrected chi connectivity index (χ0v) is 7.19. The van der Waals surface area contributed by atoms with Crippen LogP contribution in [0.4, 0.5) is 0 Å². The van der Waals surface area contributed by atoms with Gasteiger partial charge in [-0.1, -0.05) is 17.7 Å². The molecule has 0 aliphatic heterocycles. The van der Waals surface area contributed by atoms with Crippen molar-refractivity contribution in [1.82, 2.24) is 0 Å². The van der Waals surface area contributed by atoms with Crippen molar-refractivity contribution in [3.8, 4) is 0 Å². The first-order valence-electron chi connectivity index (χ1n) is 3.42. The summed E-state index contributed by atoms with van der Waals surface area (Å²) >= 11 is 5.59. The lowest BCUT2D eigenvalue weighted by atomic mass is 9.77. The maximum atomic E-state index is 10.6. The highest BCUT2D eigenvalue weighted by molar-refractivity contribution is 6.64. The van der Waals surface area contributed by atoms with Crippen LogP contribution in [0.1, 0.15) is 10.4 Å². The van der Waals surface area contributed by atoms with E-state index in [-0.39, 0.29) is 16.0 Å². The number of carboxylic acid groups (broad SMARTS) is 1. The van der Waals surface area contributed by atoms with Crippen LogP contribution in [-0.4, -0.2) is 28.2 Å². The van der Waals surface area contributed by atoms with Crippen LogP contribution >= 0.6 is 11.6 Å². The van der Waals surface area contributed by atoms with E-state index in [2.05, 4.69) is 0 Å². The number of halogens is 1. The van der Waals surface area contributed by atoms with Crippen LogP contribution in [0.25, 0.3) is 0 Å². The van der Waals surface area contributed by atoms with E-state index in [1.54, 1.807) is 0 Å². The molecule has 0 saturated heterocycles. The number of benzene rings is 1. The maximum Gasteiger partial charge on any atom is 0.490 e. The largest absolute Gasteiger partial charge is 0.490 e. The van der Waals surface area contributed by atoms with Gasteiger partial charge in [-0.2, -0.15) is 0 Å². The first-order valence-corrected chi connectivity index (χ1v) is 3.79. The lowest BCUT2D eigenvalue weighted by Gasteiger charge is -2.05. The predicted molar refractivity (Wildman–Crippen MR) is 48.2 cm³/mol. The Morgan fingerprint density at radius 3 is 2.38 bits per heavy atom. The Hall–Kier alpha value is -1.04. The summed E-state index contributed by atoms with van der Waals surface area (Å²) in [5.41, 5.74) is -0.390. The minimum atomic E-state index is -1.88. The lowest BCUT2D eigenvalue weighted by Crippen LogP contribution is -2.35. The molecule has 0 aliphatic rings. The highest BCUT2D eigenvalue weighted by Crippen LogP contribution is 2.08. The molecule has 0 atom stereocenters. The Kier molecular flexibility index (Phi) is 2.92. The van der Waals surface area contributed by atoms with Crippen molar-refractivity contribution in [1.29, 1.82) is 0 Å². The van der Waals surface area contributed by atoms with Crippen LogP contribution in [0.5, 0.6) is 0 Å². The highest BCUT2D eigenvalue weighted by atomic mass is 35.5. The second kappa shape index (κ2) is 3.78. The molecule has 4 nitrogen and oxygen atoms in total. The fourth-order valence-corrected chi connectivity index (χ4v) is 1.26. The Morgan fingerprint density at radius 1 is 1.38 bits per heavy atom. The van der Waals surface area contributed by atoms with E-state index in [9.17, 15) is 4.79 Å². The summed E-state index contributed by atoms with van der Waals surface area (Å²) in [5.74, 6) is -1.24. The Bertz CT molecular complexity index is 339. The number of hydrogen-bond donors (Lipinski definition) is 3. The molecule has 0 spiro atoms. The van der Waals surface area contributed by atoms with Crippen molar-refractivity contribution in [2.45, 2.75) is 0 Å². The molecule has 68 valence electrons. The Morgan fingerprint density at radius 2 is 2.00 bits per heavy atom. The van der Waals surface area contributed by atoms with E-state index in [1.165, 1.54) is 18.2 Å². The van der Waals surface area contributed by atoms with E-state index in [0.717, 1.165) is 0 Å². The van der Waals surface area contributed by atoms with E-state index in [1.807, 2.05) is 0 Å². The van der Waals surface area contributed by atoms with Crippen LogP contribution in [0.2, 0.25) is 5.02 Å². The Balaban J connectivity index is 3.34. The molecule has 0 amide bonds. The summed E-state index contributed by atoms with van der Waals surface area (Å²) in [6.07, 6.45) is 0. The van der Waals surface area contributed by atoms with Crippen LogP contribution in [-0.2, 0) is 0 Å². The molecular formula is C7H6BClO4. The molecule has 0 saturated carbocycles. The minimum Gasteiger partial charge on any atom is -0.478 e. The standard InChI is InChI=1S/C7H6BClO4/c9-5-3-1-2-4(7(10)11)6(5)8(12)13/h1-3,12-13H,(H,10,11). The van der Waals surface area contributed by atoms with Crippen LogP contribution in [0.15, 0.2) is 18.2 Å². The maximum absolute atomic E-state index is 10.6. The SMILES string of the molecule is O=C(O)c1cccc(Cl)c1B(O)O. The third-order valence-corrected chi connectivity index (χ3v) is 1.87. The average molecular weight is 200 g/mol. The predicted octanol–water partition coefficient (Wildman–Crippen LogP) is -0.282. The van der Waals surface area contributed by atoms with Gasteiger partial charge < -0.3 is 15.2 Å². The molecule has 1 aromatic carbocycles. The minimum absolute atomic E-state index is 0.0231. The van der Waals surface area contributed by atoms with Gasteiger partial charge in [-0.05, 0) is 12.1 Å². The summed E-state index contributed by atoms with van der Waals surface area (Å²) in [6.45, 7) is 0. The molecule has 0 aromatic heterocycles. The van der Waals surface area contributed by atoms with Gasteiger partial charge in [-0.25, -0.2) is 4.79 Å². The van der Waals surface area contributed by atoms with E-state index in [4.69, 9.17) is 26.8 Å². The summed E-state index contributed by atoms with van der Waals surface area (Å²) in [6, 6.07) is 4.07. The van der Waals surface area contributed by atoms with E-state index >= 15 is 0 Å². The van der Waals surface area contributed by atoms with E-state index in [0.29, 0.717) is 0 Å². The number of hydrogen-bond acceptors (Lipinski definition) is 3. The van der Waals surface area contributed by atoms with Gasteiger partial charge in [0.05, 0.1) is 5.56 Å².